The second kappa shape index (κ2) is 21.0. The van der Waals surface area contributed by atoms with E-state index in [-0.39, 0.29) is 5.91 Å². The Kier molecular flexibility index (Phi) is 19.2. The molecule has 5 nitrogen and oxygen atoms in total. The van der Waals surface area contributed by atoms with Gasteiger partial charge in [0.25, 0.3) is 0 Å². The Bertz CT molecular complexity index is 522. The van der Waals surface area contributed by atoms with Gasteiger partial charge in [-0.1, -0.05) is 85.0 Å². The highest BCUT2D eigenvalue weighted by Crippen LogP contribution is 2.21. The lowest BCUT2D eigenvalue weighted by Crippen LogP contribution is -2.56. The van der Waals surface area contributed by atoms with Crippen LogP contribution in [0.2, 0.25) is 0 Å². The van der Waals surface area contributed by atoms with Crippen LogP contribution in [-0.2, 0) is 9.59 Å². The van der Waals surface area contributed by atoms with Crippen LogP contribution in [0, 0.1) is 0 Å². The number of unbranched alkanes of at least 4 members (excludes halogenated alkanes) is 12. The van der Waals surface area contributed by atoms with Gasteiger partial charge in [-0.15, -0.1) is 0 Å². The number of nitrogens with zero attached hydrogens (tertiary/aromatic N) is 2. The minimum Gasteiger partial charge on any atom is -0.356 e. The molecule has 0 saturated carbocycles. The molecule has 0 unspecified atom stereocenters. The van der Waals surface area contributed by atoms with Gasteiger partial charge < -0.3 is 9.80 Å². The first-order valence-electron chi connectivity index (χ1n) is 15.5. The Morgan fingerprint density at radius 1 is 0.743 bits per heavy atom. The summed E-state index contributed by atoms with van der Waals surface area (Å²) < 4.78 is 1.04. The van der Waals surface area contributed by atoms with Crippen molar-refractivity contribution in [3.05, 3.63) is 0 Å². The van der Waals surface area contributed by atoms with Gasteiger partial charge in [0.05, 0.1) is 19.6 Å². The molecule has 5 heteroatoms. The van der Waals surface area contributed by atoms with Crippen molar-refractivity contribution in [3.63, 3.8) is 0 Å². The fourth-order valence-electron chi connectivity index (χ4n) is 5.48. The van der Waals surface area contributed by atoms with Crippen LogP contribution in [-0.4, -0.2) is 60.6 Å². The maximum Gasteiger partial charge on any atom is 0.226 e. The van der Waals surface area contributed by atoms with Gasteiger partial charge in [-0.05, 0) is 38.5 Å². The summed E-state index contributed by atoms with van der Waals surface area (Å²) in [7, 11) is 0. The fourth-order valence-corrected chi connectivity index (χ4v) is 5.48. The summed E-state index contributed by atoms with van der Waals surface area (Å²) >= 11 is 0. The highest BCUT2D eigenvalue weighted by Gasteiger charge is 2.33. The Hall–Kier alpha value is -1.10. The third-order valence-corrected chi connectivity index (χ3v) is 7.75. The van der Waals surface area contributed by atoms with Crippen LogP contribution >= 0.6 is 0 Å². The molecule has 1 N–H and O–H groups in total. The van der Waals surface area contributed by atoms with Crippen molar-refractivity contribution in [2.45, 2.75) is 143 Å². The summed E-state index contributed by atoms with van der Waals surface area (Å²) in [6, 6.07) is 0. The molecule has 1 aliphatic heterocycles. The molecule has 1 fully saturated rings. The number of amides is 2. The number of carbonyl (C=O) groups excluding carboxylic acids is 2. The molecule has 0 radical (unpaired) electrons. The zero-order chi connectivity index (χ0) is 25.6. The highest BCUT2D eigenvalue weighted by molar-refractivity contribution is 5.77. The van der Waals surface area contributed by atoms with Gasteiger partial charge in [-0.3, -0.25) is 14.5 Å². The van der Waals surface area contributed by atoms with Crippen LogP contribution in [0.5, 0.6) is 0 Å². The van der Waals surface area contributed by atoms with E-state index < -0.39 is 0 Å². The van der Waals surface area contributed by atoms with Gasteiger partial charge in [0.1, 0.15) is 0 Å². The van der Waals surface area contributed by atoms with E-state index in [1.165, 1.54) is 90.1 Å². The average molecular weight is 495 g/mol. The lowest BCUT2D eigenvalue weighted by molar-refractivity contribution is -0.936. The van der Waals surface area contributed by atoms with Gasteiger partial charge >= 0.3 is 0 Å². The SMILES string of the molecule is CCCCCCCC[N+](CCCCCCCC)(CCCNC(=O)CCCCC)CN1CCCC1=O. The minimum absolute atomic E-state index is 0.207. The lowest BCUT2D eigenvalue weighted by Gasteiger charge is -2.41. The number of likely N-dealkylation sites (tertiary alicyclic amines) is 1. The van der Waals surface area contributed by atoms with Gasteiger partial charge in [0.15, 0.2) is 6.67 Å². The molecule has 35 heavy (non-hydrogen) atoms. The second-order valence-electron chi connectivity index (χ2n) is 11.1. The van der Waals surface area contributed by atoms with Crippen molar-refractivity contribution in [2.75, 3.05) is 39.4 Å². The van der Waals surface area contributed by atoms with E-state index in [0.29, 0.717) is 12.3 Å². The number of carbonyl (C=O) groups is 2. The summed E-state index contributed by atoms with van der Waals surface area (Å²) in [6.07, 6.45) is 22.4. The lowest BCUT2D eigenvalue weighted by atomic mass is 10.1. The first kappa shape index (κ1) is 31.9. The van der Waals surface area contributed by atoms with E-state index in [1.807, 2.05) is 0 Å². The molecule has 2 amide bonds. The maximum absolute atomic E-state index is 12.6. The largest absolute Gasteiger partial charge is 0.356 e. The predicted molar refractivity (Wildman–Crippen MR) is 149 cm³/mol. The zero-order valence-electron chi connectivity index (χ0n) is 23.9. The summed E-state index contributed by atoms with van der Waals surface area (Å²) in [5, 5.41) is 3.17. The van der Waals surface area contributed by atoms with E-state index in [4.69, 9.17) is 0 Å². The summed E-state index contributed by atoms with van der Waals surface area (Å²) in [6.45, 7) is 12.7. The normalized spacial score (nSPS) is 14.1. The van der Waals surface area contributed by atoms with E-state index >= 15 is 0 Å². The molecule has 1 saturated heterocycles. The van der Waals surface area contributed by atoms with Gasteiger partial charge in [0, 0.05) is 32.4 Å². The fraction of sp³-hybridized carbons (Fsp3) is 0.933. The molecule has 1 heterocycles. The van der Waals surface area contributed by atoms with Crippen molar-refractivity contribution in [2.24, 2.45) is 0 Å². The van der Waals surface area contributed by atoms with E-state index in [1.54, 1.807) is 0 Å². The minimum atomic E-state index is 0.207. The Morgan fingerprint density at radius 3 is 1.80 bits per heavy atom. The average Bonchev–Trinajstić information content (AvgIpc) is 3.25. The van der Waals surface area contributed by atoms with Crippen molar-refractivity contribution in [1.29, 1.82) is 0 Å². The number of quaternary nitrogens is 1. The molecule has 0 aliphatic carbocycles. The first-order valence-corrected chi connectivity index (χ1v) is 15.5. The Morgan fingerprint density at radius 2 is 1.26 bits per heavy atom. The molecule has 0 spiro atoms. The topological polar surface area (TPSA) is 49.4 Å². The first-order chi connectivity index (χ1) is 17.1. The van der Waals surface area contributed by atoms with Crippen LogP contribution in [0.1, 0.15) is 143 Å². The smallest absolute Gasteiger partial charge is 0.226 e. The molecular weight excluding hydrogens is 434 g/mol. The van der Waals surface area contributed by atoms with Crippen LogP contribution in [0.25, 0.3) is 0 Å². The van der Waals surface area contributed by atoms with E-state index in [0.717, 1.165) is 69.3 Å². The monoisotopic (exact) mass is 494 g/mol. The molecule has 0 aromatic rings. The Labute approximate surface area is 218 Å². The van der Waals surface area contributed by atoms with Gasteiger partial charge in [-0.2, -0.15) is 0 Å². The number of hydrogen-bond donors (Lipinski definition) is 1. The molecule has 1 rings (SSSR count). The summed E-state index contributed by atoms with van der Waals surface area (Å²) in [5.41, 5.74) is 0. The van der Waals surface area contributed by atoms with Crippen LogP contribution in [0.15, 0.2) is 0 Å². The quantitative estimate of drug-likeness (QED) is 0.114. The highest BCUT2D eigenvalue weighted by atomic mass is 16.2. The van der Waals surface area contributed by atoms with E-state index in [2.05, 4.69) is 31.0 Å². The summed E-state index contributed by atoms with van der Waals surface area (Å²) in [5.74, 6) is 0.556. The van der Waals surface area contributed by atoms with Crippen molar-refractivity contribution in [3.8, 4) is 0 Å². The molecule has 0 bridgehead atoms. The molecule has 206 valence electrons. The van der Waals surface area contributed by atoms with Gasteiger partial charge in [-0.25, -0.2) is 0 Å². The molecule has 1 aliphatic rings. The third kappa shape index (κ3) is 15.6. The standard InChI is InChI=1S/C30H59N3O2/c1-4-7-10-12-14-17-25-33(26-18-15-13-11-8-5-2,28-32-24-19-22-30(32)35)27-20-23-31-29(34)21-16-9-6-3/h4-28H2,1-3H3/p+1. The van der Waals surface area contributed by atoms with Crippen molar-refractivity contribution in [1.82, 2.24) is 10.2 Å². The molecule has 0 aromatic heterocycles. The van der Waals surface area contributed by atoms with Crippen molar-refractivity contribution < 1.29 is 14.1 Å². The van der Waals surface area contributed by atoms with Crippen LogP contribution in [0.3, 0.4) is 0 Å². The predicted octanol–water partition coefficient (Wildman–Crippen LogP) is 7.19. The summed E-state index contributed by atoms with van der Waals surface area (Å²) in [4.78, 5) is 26.9. The number of rotatable bonds is 24. The number of nitrogens with one attached hydrogen (secondary N) is 1. The van der Waals surface area contributed by atoms with Crippen LogP contribution in [0.4, 0.5) is 0 Å². The second-order valence-corrected chi connectivity index (χ2v) is 11.1. The molecule has 0 aromatic carbocycles. The van der Waals surface area contributed by atoms with Gasteiger partial charge in [0.2, 0.25) is 11.8 Å². The molecule has 0 atom stereocenters. The third-order valence-electron chi connectivity index (χ3n) is 7.75. The molecular formula is C30H60N3O2+. The zero-order valence-corrected chi connectivity index (χ0v) is 23.9. The van der Waals surface area contributed by atoms with Crippen molar-refractivity contribution >= 4 is 11.8 Å². The number of hydrogen-bond acceptors (Lipinski definition) is 2. The van der Waals surface area contributed by atoms with E-state index in [9.17, 15) is 9.59 Å². The maximum atomic E-state index is 12.6. The Balaban J connectivity index is 2.69. The van der Waals surface area contributed by atoms with Crippen LogP contribution < -0.4 is 5.32 Å².